The van der Waals surface area contributed by atoms with Crippen molar-refractivity contribution in [3.05, 3.63) is 58.6 Å². The molecule has 4 heteroatoms. The molecule has 0 saturated heterocycles. The first-order chi connectivity index (χ1) is 8.59. The smallest absolute Gasteiger partial charge is 0.106 e. The fraction of sp³-hybridized carbons (Fsp3) is 0.0714. The average molecular weight is 321 g/mol. The molecule has 18 heavy (non-hydrogen) atoms. The summed E-state index contributed by atoms with van der Waals surface area (Å²) in [5.74, 6) is 0. The third-order valence-corrected chi connectivity index (χ3v) is 3.44. The molecule has 92 valence electrons. The van der Waals surface area contributed by atoms with Gasteiger partial charge in [-0.1, -0.05) is 46.3 Å². The first-order valence-electron chi connectivity index (χ1n) is 5.47. The van der Waals surface area contributed by atoms with Crippen molar-refractivity contribution < 1.29 is 0 Å². The molecule has 2 nitrogen and oxygen atoms in total. The van der Waals surface area contributed by atoms with Crippen molar-refractivity contribution in [3.8, 4) is 0 Å². The zero-order valence-electron chi connectivity index (χ0n) is 9.93. The molecule has 0 spiro atoms. The SMILES string of the molecule is CN(c1ccccc1)c1ccc(Br)cc1C(N)=S. The Morgan fingerprint density at radius 2 is 1.83 bits per heavy atom. The highest BCUT2D eigenvalue weighted by atomic mass is 79.9. The Kier molecular flexibility index (Phi) is 3.99. The predicted octanol–water partition coefficient (Wildman–Crippen LogP) is 3.85. The number of nitrogens with zero attached hydrogens (tertiary/aromatic N) is 1. The van der Waals surface area contributed by atoms with Crippen LogP contribution in [0.15, 0.2) is 53.0 Å². The van der Waals surface area contributed by atoms with E-state index in [-0.39, 0.29) is 0 Å². The quantitative estimate of drug-likeness (QED) is 0.871. The molecule has 2 aromatic rings. The van der Waals surface area contributed by atoms with Gasteiger partial charge >= 0.3 is 0 Å². The largest absolute Gasteiger partial charge is 0.389 e. The lowest BCUT2D eigenvalue weighted by molar-refractivity contribution is 1.20. The van der Waals surface area contributed by atoms with Crippen LogP contribution < -0.4 is 10.6 Å². The van der Waals surface area contributed by atoms with Crippen molar-refractivity contribution in [2.24, 2.45) is 5.73 Å². The van der Waals surface area contributed by atoms with Crippen LogP contribution in [-0.4, -0.2) is 12.0 Å². The fourth-order valence-corrected chi connectivity index (χ4v) is 2.31. The Balaban J connectivity index is 2.48. The van der Waals surface area contributed by atoms with Gasteiger partial charge in [-0.25, -0.2) is 0 Å². The Labute approximate surface area is 121 Å². The normalized spacial score (nSPS) is 10.1. The average Bonchev–Trinajstić information content (AvgIpc) is 2.39. The van der Waals surface area contributed by atoms with Gasteiger partial charge in [0.15, 0.2) is 0 Å². The molecule has 0 aliphatic carbocycles. The molecule has 0 atom stereocenters. The summed E-state index contributed by atoms with van der Waals surface area (Å²) in [6, 6.07) is 16.0. The summed E-state index contributed by atoms with van der Waals surface area (Å²) in [4.78, 5) is 2.47. The lowest BCUT2D eigenvalue weighted by Gasteiger charge is -2.22. The molecule has 0 aliphatic heterocycles. The van der Waals surface area contributed by atoms with Gasteiger partial charge in [-0.3, -0.25) is 0 Å². The van der Waals surface area contributed by atoms with E-state index >= 15 is 0 Å². The fourth-order valence-electron chi connectivity index (χ4n) is 1.79. The van der Waals surface area contributed by atoms with Gasteiger partial charge in [-0.05, 0) is 30.3 Å². The molecule has 2 aromatic carbocycles. The second kappa shape index (κ2) is 5.50. The van der Waals surface area contributed by atoms with Crippen molar-refractivity contribution in [3.63, 3.8) is 0 Å². The summed E-state index contributed by atoms with van der Waals surface area (Å²) in [5, 5.41) is 0. The van der Waals surface area contributed by atoms with E-state index in [0.717, 1.165) is 21.4 Å². The van der Waals surface area contributed by atoms with Crippen LogP contribution in [0.1, 0.15) is 5.56 Å². The van der Waals surface area contributed by atoms with Crippen molar-refractivity contribution in [1.29, 1.82) is 0 Å². The minimum absolute atomic E-state index is 0.397. The number of hydrogen-bond acceptors (Lipinski definition) is 2. The molecule has 0 saturated carbocycles. The maximum atomic E-state index is 5.78. The van der Waals surface area contributed by atoms with Gasteiger partial charge < -0.3 is 10.6 Å². The second-order valence-electron chi connectivity index (χ2n) is 3.92. The van der Waals surface area contributed by atoms with Crippen LogP contribution >= 0.6 is 28.1 Å². The number of hydrogen-bond donors (Lipinski definition) is 1. The van der Waals surface area contributed by atoms with Crippen molar-refractivity contribution in [1.82, 2.24) is 0 Å². The summed E-state index contributed by atoms with van der Waals surface area (Å²) in [5.41, 5.74) is 8.74. The number of anilines is 2. The molecule has 0 aromatic heterocycles. The Bertz CT molecular complexity index is 569. The monoisotopic (exact) mass is 320 g/mol. The van der Waals surface area contributed by atoms with Gasteiger partial charge in [0, 0.05) is 22.8 Å². The summed E-state index contributed by atoms with van der Waals surface area (Å²) in [6.07, 6.45) is 0. The number of halogens is 1. The van der Waals surface area contributed by atoms with E-state index in [2.05, 4.69) is 20.8 Å². The highest BCUT2D eigenvalue weighted by Gasteiger charge is 2.11. The van der Waals surface area contributed by atoms with E-state index < -0.39 is 0 Å². The number of para-hydroxylation sites is 1. The van der Waals surface area contributed by atoms with Crippen molar-refractivity contribution in [2.45, 2.75) is 0 Å². The number of rotatable bonds is 3. The second-order valence-corrected chi connectivity index (χ2v) is 5.28. The third-order valence-electron chi connectivity index (χ3n) is 2.73. The van der Waals surface area contributed by atoms with Crippen molar-refractivity contribution in [2.75, 3.05) is 11.9 Å². The summed E-state index contributed by atoms with van der Waals surface area (Å²) >= 11 is 8.54. The number of benzene rings is 2. The van der Waals surface area contributed by atoms with Gasteiger partial charge in [-0.15, -0.1) is 0 Å². The topological polar surface area (TPSA) is 29.3 Å². The van der Waals surface area contributed by atoms with E-state index in [1.807, 2.05) is 55.6 Å². The van der Waals surface area contributed by atoms with Crippen LogP contribution in [0, 0.1) is 0 Å². The van der Waals surface area contributed by atoms with Gasteiger partial charge in [0.1, 0.15) is 4.99 Å². The Morgan fingerprint density at radius 1 is 1.17 bits per heavy atom. The van der Waals surface area contributed by atoms with E-state index in [9.17, 15) is 0 Å². The van der Waals surface area contributed by atoms with Gasteiger partial charge in [0.2, 0.25) is 0 Å². The predicted molar refractivity (Wildman–Crippen MR) is 84.5 cm³/mol. The van der Waals surface area contributed by atoms with Crippen LogP contribution in [0.4, 0.5) is 11.4 Å². The Morgan fingerprint density at radius 3 is 2.44 bits per heavy atom. The van der Waals surface area contributed by atoms with E-state index in [0.29, 0.717) is 4.99 Å². The van der Waals surface area contributed by atoms with Crippen LogP contribution in [0.2, 0.25) is 0 Å². The minimum atomic E-state index is 0.397. The standard InChI is InChI=1S/C14H13BrN2S/c1-17(11-5-3-2-4-6-11)13-8-7-10(15)9-12(13)14(16)18/h2-9H,1H3,(H2,16,18). The summed E-state index contributed by atoms with van der Waals surface area (Å²) in [7, 11) is 2.00. The molecule has 0 amide bonds. The van der Waals surface area contributed by atoms with E-state index in [1.54, 1.807) is 0 Å². The number of nitrogens with two attached hydrogens (primary N) is 1. The molecule has 0 radical (unpaired) electrons. The number of thiocarbonyl (C=S) groups is 1. The summed E-state index contributed by atoms with van der Waals surface area (Å²) in [6.45, 7) is 0. The van der Waals surface area contributed by atoms with Crippen molar-refractivity contribution >= 4 is 44.5 Å². The van der Waals surface area contributed by atoms with Gasteiger partial charge in [0.05, 0.1) is 5.69 Å². The van der Waals surface area contributed by atoms with Gasteiger partial charge in [0.25, 0.3) is 0 Å². The van der Waals surface area contributed by atoms with Crippen LogP contribution in [0.3, 0.4) is 0 Å². The van der Waals surface area contributed by atoms with E-state index in [1.165, 1.54) is 0 Å². The minimum Gasteiger partial charge on any atom is -0.389 e. The molecule has 2 N–H and O–H groups in total. The van der Waals surface area contributed by atoms with Crippen LogP contribution in [0.25, 0.3) is 0 Å². The molecule has 0 heterocycles. The van der Waals surface area contributed by atoms with Crippen LogP contribution in [0.5, 0.6) is 0 Å². The Hall–Kier alpha value is -1.39. The summed E-state index contributed by atoms with van der Waals surface area (Å²) < 4.78 is 0.968. The molecule has 0 bridgehead atoms. The third kappa shape index (κ3) is 2.71. The maximum Gasteiger partial charge on any atom is 0.106 e. The zero-order chi connectivity index (χ0) is 13.1. The molecular weight excluding hydrogens is 308 g/mol. The zero-order valence-corrected chi connectivity index (χ0v) is 12.3. The molecular formula is C14H13BrN2S. The van der Waals surface area contributed by atoms with Gasteiger partial charge in [-0.2, -0.15) is 0 Å². The maximum absolute atomic E-state index is 5.78. The molecule has 0 aliphatic rings. The van der Waals surface area contributed by atoms with Crippen LogP contribution in [-0.2, 0) is 0 Å². The molecule has 0 unspecified atom stereocenters. The molecule has 2 rings (SSSR count). The lowest BCUT2D eigenvalue weighted by Crippen LogP contribution is -2.17. The highest BCUT2D eigenvalue weighted by molar-refractivity contribution is 9.10. The lowest BCUT2D eigenvalue weighted by atomic mass is 10.1. The first kappa shape index (κ1) is 13.1. The first-order valence-corrected chi connectivity index (χ1v) is 6.68. The van der Waals surface area contributed by atoms with E-state index in [4.69, 9.17) is 18.0 Å². The highest BCUT2D eigenvalue weighted by Crippen LogP contribution is 2.29. The molecule has 0 fully saturated rings.